The maximum atomic E-state index is 11.6. The molecule has 122 valence electrons. The second-order valence-electron chi connectivity index (χ2n) is 4.62. The Kier molecular flexibility index (Phi) is 6.84. The van der Waals surface area contributed by atoms with E-state index in [2.05, 4.69) is 5.32 Å². The minimum atomic E-state index is -3.29. The van der Waals surface area contributed by atoms with Crippen molar-refractivity contribution < 1.29 is 27.9 Å². The molecule has 0 aliphatic rings. The van der Waals surface area contributed by atoms with E-state index in [-0.39, 0.29) is 24.5 Å². The third-order valence-electron chi connectivity index (χ3n) is 2.96. The standard InChI is InChI=1S/C14H19NO6S/c1-2-22(19,20)9-8-12(13(16)17)15-14(18)21-10-11-6-4-3-5-7-11/h3-7,12H,2,8-10H2,1H3,(H,15,18)(H,16,17). The summed E-state index contributed by atoms with van der Waals surface area (Å²) >= 11 is 0. The van der Waals surface area contributed by atoms with Crippen molar-refractivity contribution in [1.82, 2.24) is 5.32 Å². The van der Waals surface area contributed by atoms with Gasteiger partial charge in [-0.2, -0.15) is 0 Å². The summed E-state index contributed by atoms with van der Waals surface area (Å²) in [5.74, 6) is -1.68. The second kappa shape index (κ2) is 8.38. The molecule has 0 aliphatic carbocycles. The molecule has 1 atom stereocenters. The number of carboxylic acids is 1. The Morgan fingerprint density at radius 1 is 1.27 bits per heavy atom. The molecule has 8 heteroatoms. The lowest BCUT2D eigenvalue weighted by Gasteiger charge is -2.14. The first-order valence-electron chi connectivity index (χ1n) is 6.74. The summed E-state index contributed by atoms with van der Waals surface area (Å²) in [5.41, 5.74) is 0.762. The van der Waals surface area contributed by atoms with Gasteiger partial charge in [0.15, 0.2) is 0 Å². The Hall–Kier alpha value is -2.09. The van der Waals surface area contributed by atoms with Crippen LogP contribution in [0.1, 0.15) is 18.9 Å². The number of carboxylic acid groups (broad SMARTS) is 1. The number of rotatable bonds is 8. The van der Waals surface area contributed by atoms with Crippen LogP contribution in [0.3, 0.4) is 0 Å². The minimum absolute atomic E-state index is 0.00622. The molecule has 0 spiro atoms. The molecule has 2 N–H and O–H groups in total. The number of nitrogens with one attached hydrogen (secondary N) is 1. The Labute approximate surface area is 129 Å². The summed E-state index contributed by atoms with van der Waals surface area (Å²) in [6.45, 7) is 1.49. The molecule has 1 unspecified atom stereocenters. The van der Waals surface area contributed by atoms with Crippen LogP contribution in [0.5, 0.6) is 0 Å². The number of hydrogen-bond acceptors (Lipinski definition) is 5. The fraction of sp³-hybridized carbons (Fsp3) is 0.429. The van der Waals surface area contributed by atoms with Gasteiger partial charge in [-0.3, -0.25) is 0 Å². The van der Waals surface area contributed by atoms with E-state index in [1.54, 1.807) is 24.3 Å². The molecule has 0 heterocycles. The topological polar surface area (TPSA) is 110 Å². The Morgan fingerprint density at radius 2 is 1.91 bits per heavy atom. The highest BCUT2D eigenvalue weighted by atomic mass is 32.2. The summed E-state index contributed by atoms with van der Waals surface area (Å²) in [6.07, 6.45) is -1.10. The fourth-order valence-corrected chi connectivity index (χ4v) is 2.49. The third kappa shape index (κ3) is 6.57. The highest BCUT2D eigenvalue weighted by molar-refractivity contribution is 7.91. The number of hydrogen-bond donors (Lipinski definition) is 2. The van der Waals surface area contributed by atoms with Crippen molar-refractivity contribution >= 4 is 21.9 Å². The monoisotopic (exact) mass is 329 g/mol. The fourth-order valence-electron chi connectivity index (χ4n) is 1.61. The van der Waals surface area contributed by atoms with Gasteiger partial charge in [0.05, 0.1) is 5.75 Å². The number of sulfone groups is 1. The van der Waals surface area contributed by atoms with Crippen LogP contribution in [0.2, 0.25) is 0 Å². The third-order valence-corrected chi connectivity index (χ3v) is 4.70. The average Bonchev–Trinajstić information content (AvgIpc) is 2.50. The maximum absolute atomic E-state index is 11.6. The van der Waals surface area contributed by atoms with E-state index < -0.39 is 27.9 Å². The van der Waals surface area contributed by atoms with Crippen molar-refractivity contribution in [2.75, 3.05) is 11.5 Å². The molecule has 1 amide bonds. The quantitative estimate of drug-likeness (QED) is 0.741. The van der Waals surface area contributed by atoms with Gasteiger partial charge >= 0.3 is 12.1 Å². The van der Waals surface area contributed by atoms with Crippen LogP contribution in [0, 0.1) is 0 Å². The van der Waals surface area contributed by atoms with Crippen molar-refractivity contribution in [3.63, 3.8) is 0 Å². The van der Waals surface area contributed by atoms with Gasteiger partial charge in [-0.1, -0.05) is 37.3 Å². The smallest absolute Gasteiger partial charge is 0.408 e. The molecule has 0 saturated heterocycles. The predicted octanol–water partition coefficient (Wildman–Crippen LogP) is 1.19. The molecule has 1 rings (SSSR count). The minimum Gasteiger partial charge on any atom is -0.480 e. The van der Waals surface area contributed by atoms with Gasteiger partial charge in [0.25, 0.3) is 0 Å². The normalized spacial score (nSPS) is 12.4. The average molecular weight is 329 g/mol. The van der Waals surface area contributed by atoms with Crippen LogP contribution in [-0.2, 0) is 26.0 Å². The SMILES string of the molecule is CCS(=O)(=O)CCC(NC(=O)OCc1ccccc1)C(=O)O. The Morgan fingerprint density at radius 3 is 2.45 bits per heavy atom. The van der Waals surface area contributed by atoms with Gasteiger partial charge in [-0.15, -0.1) is 0 Å². The van der Waals surface area contributed by atoms with Crippen LogP contribution in [0.4, 0.5) is 4.79 Å². The van der Waals surface area contributed by atoms with E-state index in [0.29, 0.717) is 0 Å². The zero-order valence-electron chi connectivity index (χ0n) is 12.2. The largest absolute Gasteiger partial charge is 0.480 e. The number of amides is 1. The first-order chi connectivity index (χ1) is 10.3. The number of carbonyl (C=O) groups excluding carboxylic acids is 1. The number of benzene rings is 1. The first kappa shape index (κ1) is 18.0. The van der Waals surface area contributed by atoms with Gasteiger partial charge in [0.1, 0.15) is 22.5 Å². The molecule has 0 saturated carbocycles. The van der Waals surface area contributed by atoms with Crippen molar-refractivity contribution in [3.05, 3.63) is 35.9 Å². The van der Waals surface area contributed by atoms with Gasteiger partial charge in [0, 0.05) is 5.75 Å². The van der Waals surface area contributed by atoms with Gasteiger partial charge in [0.2, 0.25) is 0 Å². The molecule has 0 fully saturated rings. The van der Waals surface area contributed by atoms with E-state index in [9.17, 15) is 18.0 Å². The number of carbonyl (C=O) groups is 2. The molecular weight excluding hydrogens is 310 g/mol. The van der Waals surface area contributed by atoms with Crippen molar-refractivity contribution in [2.45, 2.75) is 26.0 Å². The summed E-state index contributed by atoms with van der Waals surface area (Å²) in [4.78, 5) is 22.6. The van der Waals surface area contributed by atoms with Crippen LogP contribution in [0.25, 0.3) is 0 Å². The van der Waals surface area contributed by atoms with Crippen LogP contribution >= 0.6 is 0 Å². The predicted molar refractivity (Wildman–Crippen MR) is 80.1 cm³/mol. The van der Waals surface area contributed by atoms with Crippen LogP contribution in [-0.4, -0.2) is 43.1 Å². The highest BCUT2D eigenvalue weighted by Gasteiger charge is 2.23. The summed E-state index contributed by atoms with van der Waals surface area (Å²) in [6, 6.07) is 7.60. The van der Waals surface area contributed by atoms with Crippen molar-refractivity contribution in [2.24, 2.45) is 0 Å². The van der Waals surface area contributed by atoms with Crippen LogP contribution < -0.4 is 5.32 Å². The zero-order chi connectivity index (χ0) is 16.6. The van der Waals surface area contributed by atoms with E-state index in [0.717, 1.165) is 5.56 Å². The molecule has 0 bridgehead atoms. The second-order valence-corrected chi connectivity index (χ2v) is 7.09. The highest BCUT2D eigenvalue weighted by Crippen LogP contribution is 2.03. The number of ether oxygens (including phenoxy) is 1. The molecule has 22 heavy (non-hydrogen) atoms. The van der Waals surface area contributed by atoms with Crippen molar-refractivity contribution in [1.29, 1.82) is 0 Å². The van der Waals surface area contributed by atoms with Gasteiger partial charge < -0.3 is 15.2 Å². The lowest BCUT2D eigenvalue weighted by atomic mass is 10.2. The maximum Gasteiger partial charge on any atom is 0.408 e. The Bertz CT molecular complexity index is 599. The molecule has 0 aliphatic heterocycles. The molecule has 7 nitrogen and oxygen atoms in total. The lowest BCUT2D eigenvalue weighted by molar-refractivity contribution is -0.139. The van der Waals surface area contributed by atoms with Gasteiger partial charge in [-0.05, 0) is 12.0 Å². The van der Waals surface area contributed by atoms with E-state index in [4.69, 9.17) is 9.84 Å². The molecule has 1 aromatic rings. The lowest BCUT2D eigenvalue weighted by Crippen LogP contribution is -2.42. The zero-order valence-corrected chi connectivity index (χ0v) is 13.0. The molecule has 0 radical (unpaired) electrons. The van der Waals surface area contributed by atoms with Gasteiger partial charge in [-0.25, -0.2) is 18.0 Å². The summed E-state index contributed by atoms with van der Waals surface area (Å²) in [5, 5.41) is 11.2. The van der Waals surface area contributed by atoms with Crippen molar-refractivity contribution in [3.8, 4) is 0 Å². The Balaban J connectivity index is 2.49. The first-order valence-corrected chi connectivity index (χ1v) is 8.56. The number of aliphatic carboxylic acids is 1. The van der Waals surface area contributed by atoms with E-state index >= 15 is 0 Å². The summed E-state index contributed by atoms with van der Waals surface area (Å²) < 4.78 is 27.7. The molecule has 0 aromatic heterocycles. The molecular formula is C14H19NO6S. The molecule has 1 aromatic carbocycles. The summed E-state index contributed by atoms with van der Waals surface area (Å²) in [7, 11) is -3.29. The number of alkyl carbamates (subject to hydrolysis) is 1. The van der Waals surface area contributed by atoms with Crippen LogP contribution in [0.15, 0.2) is 30.3 Å². The van der Waals surface area contributed by atoms with E-state index in [1.165, 1.54) is 6.92 Å². The van der Waals surface area contributed by atoms with E-state index in [1.807, 2.05) is 6.07 Å².